The first-order valence-corrected chi connectivity index (χ1v) is 7.15. The zero-order valence-electron chi connectivity index (χ0n) is 12.6. The number of carbonyl (C=O) groups excluding carboxylic acids is 1. The van der Waals surface area contributed by atoms with E-state index in [0.717, 1.165) is 0 Å². The highest BCUT2D eigenvalue weighted by atomic mass is 19.3. The van der Waals surface area contributed by atoms with Gasteiger partial charge in [0.1, 0.15) is 5.60 Å². The number of rotatable bonds is 5. The average Bonchev–Trinajstić information content (AvgIpc) is 2.22. The van der Waals surface area contributed by atoms with Crippen LogP contribution in [0.4, 0.5) is 8.78 Å². The maximum absolute atomic E-state index is 13.2. The number of hydrogen-bond donors (Lipinski definition) is 1. The Balaban J connectivity index is 2.26. The number of alkyl halides is 2. The van der Waals surface area contributed by atoms with Gasteiger partial charge >= 0.3 is 5.97 Å². The van der Waals surface area contributed by atoms with Crippen molar-refractivity contribution in [2.75, 3.05) is 19.6 Å². The van der Waals surface area contributed by atoms with Gasteiger partial charge in [-0.05, 0) is 46.7 Å². The third kappa shape index (κ3) is 7.14. The Morgan fingerprint density at radius 2 is 2.10 bits per heavy atom. The lowest BCUT2D eigenvalue weighted by atomic mass is 10.1. The molecule has 0 bridgehead atoms. The Labute approximate surface area is 119 Å². The third-order valence-corrected chi connectivity index (χ3v) is 3.14. The summed E-state index contributed by atoms with van der Waals surface area (Å²) < 4.78 is 31.6. The monoisotopic (exact) mass is 292 g/mol. The van der Waals surface area contributed by atoms with E-state index in [4.69, 9.17) is 10.5 Å². The number of ether oxygens (including phenoxy) is 1. The summed E-state index contributed by atoms with van der Waals surface area (Å²) in [7, 11) is 0. The lowest BCUT2D eigenvalue weighted by Crippen LogP contribution is -2.44. The Kier molecular flexibility index (Phi) is 5.89. The third-order valence-electron chi connectivity index (χ3n) is 3.14. The van der Waals surface area contributed by atoms with Crippen molar-refractivity contribution in [1.82, 2.24) is 4.90 Å². The quantitative estimate of drug-likeness (QED) is 0.789. The fourth-order valence-electron chi connectivity index (χ4n) is 2.29. The van der Waals surface area contributed by atoms with Crippen molar-refractivity contribution in [3.05, 3.63) is 0 Å². The number of esters is 1. The Bertz CT molecular complexity index is 330. The smallest absolute Gasteiger partial charge is 0.307 e. The van der Waals surface area contributed by atoms with Gasteiger partial charge in [0.25, 0.3) is 5.92 Å². The van der Waals surface area contributed by atoms with Crippen molar-refractivity contribution in [1.29, 1.82) is 0 Å². The second-order valence-corrected chi connectivity index (χ2v) is 6.57. The average molecular weight is 292 g/mol. The van der Waals surface area contributed by atoms with Crippen LogP contribution in [-0.2, 0) is 9.53 Å². The van der Waals surface area contributed by atoms with Gasteiger partial charge in [-0.25, -0.2) is 8.78 Å². The molecule has 1 rings (SSSR count). The van der Waals surface area contributed by atoms with Gasteiger partial charge in [0.05, 0.1) is 13.0 Å². The summed E-state index contributed by atoms with van der Waals surface area (Å²) in [6, 6.07) is -0.347. The molecule has 1 atom stereocenters. The zero-order chi connectivity index (χ0) is 15.4. The van der Waals surface area contributed by atoms with Crippen LogP contribution in [0.2, 0.25) is 0 Å². The van der Waals surface area contributed by atoms with E-state index in [-0.39, 0.29) is 31.4 Å². The highest BCUT2D eigenvalue weighted by Gasteiger charge is 2.34. The van der Waals surface area contributed by atoms with Crippen LogP contribution in [0.1, 0.15) is 46.5 Å². The molecule has 1 fully saturated rings. The van der Waals surface area contributed by atoms with E-state index in [1.54, 1.807) is 25.7 Å². The molecule has 118 valence electrons. The van der Waals surface area contributed by atoms with Crippen LogP contribution >= 0.6 is 0 Å². The molecule has 6 heteroatoms. The zero-order valence-corrected chi connectivity index (χ0v) is 12.6. The summed E-state index contributed by atoms with van der Waals surface area (Å²) in [5.41, 5.74) is 5.34. The first-order valence-electron chi connectivity index (χ1n) is 7.15. The number of halogens is 2. The molecule has 0 unspecified atom stereocenters. The van der Waals surface area contributed by atoms with Crippen LogP contribution in [0.3, 0.4) is 0 Å². The molecule has 4 nitrogen and oxygen atoms in total. The summed E-state index contributed by atoms with van der Waals surface area (Å²) in [6.45, 7) is 6.37. The first-order chi connectivity index (χ1) is 9.07. The van der Waals surface area contributed by atoms with Gasteiger partial charge < -0.3 is 10.5 Å². The lowest BCUT2D eigenvalue weighted by molar-refractivity contribution is -0.155. The molecule has 0 aromatic heterocycles. The second-order valence-electron chi connectivity index (χ2n) is 6.57. The summed E-state index contributed by atoms with van der Waals surface area (Å²) in [4.78, 5) is 13.3. The van der Waals surface area contributed by atoms with Crippen molar-refractivity contribution < 1.29 is 18.3 Å². The second kappa shape index (κ2) is 6.80. The largest absolute Gasteiger partial charge is 0.460 e. The molecule has 0 spiro atoms. The SMILES string of the molecule is CC(C)(C)OC(=O)C[C@@H](N)CCN1CCCC(F)(F)C1. The molecular formula is C14H26F2N2O2. The van der Waals surface area contributed by atoms with E-state index >= 15 is 0 Å². The minimum Gasteiger partial charge on any atom is -0.460 e. The molecule has 2 N–H and O–H groups in total. The van der Waals surface area contributed by atoms with Crippen molar-refractivity contribution in [2.24, 2.45) is 5.73 Å². The molecule has 1 aliphatic heterocycles. The standard InChI is InChI=1S/C14H26F2N2O2/c1-13(2,3)20-12(19)9-11(17)5-8-18-7-4-6-14(15,16)10-18/h11H,4-10,17H2,1-3H3/t11-/m0/s1. The maximum Gasteiger partial charge on any atom is 0.307 e. The van der Waals surface area contributed by atoms with Gasteiger partial charge in [0, 0.05) is 12.5 Å². The fourth-order valence-corrected chi connectivity index (χ4v) is 2.29. The van der Waals surface area contributed by atoms with E-state index in [2.05, 4.69) is 0 Å². The summed E-state index contributed by atoms with van der Waals surface area (Å²) >= 11 is 0. The van der Waals surface area contributed by atoms with Crippen molar-refractivity contribution in [2.45, 2.75) is 64.0 Å². The van der Waals surface area contributed by atoms with Crippen LogP contribution in [0.15, 0.2) is 0 Å². The van der Waals surface area contributed by atoms with Crippen molar-refractivity contribution in [3.63, 3.8) is 0 Å². The van der Waals surface area contributed by atoms with Gasteiger partial charge in [-0.3, -0.25) is 9.69 Å². The highest BCUT2D eigenvalue weighted by Crippen LogP contribution is 2.26. The minimum absolute atomic E-state index is 0.0343. The molecule has 0 aliphatic carbocycles. The summed E-state index contributed by atoms with van der Waals surface area (Å²) in [5.74, 6) is -2.93. The van der Waals surface area contributed by atoms with Crippen LogP contribution in [0.5, 0.6) is 0 Å². The topological polar surface area (TPSA) is 55.6 Å². The number of likely N-dealkylation sites (tertiary alicyclic amines) is 1. The molecule has 0 amide bonds. The number of carbonyl (C=O) groups is 1. The molecule has 1 heterocycles. The van der Waals surface area contributed by atoms with E-state index in [0.29, 0.717) is 25.9 Å². The predicted molar refractivity (Wildman–Crippen MR) is 73.7 cm³/mol. The van der Waals surface area contributed by atoms with Gasteiger partial charge in [-0.2, -0.15) is 0 Å². The van der Waals surface area contributed by atoms with Gasteiger partial charge in [-0.15, -0.1) is 0 Å². The number of nitrogens with zero attached hydrogens (tertiary/aromatic N) is 1. The van der Waals surface area contributed by atoms with Crippen molar-refractivity contribution >= 4 is 5.97 Å². The van der Waals surface area contributed by atoms with Crippen molar-refractivity contribution in [3.8, 4) is 0 Å². The normalized spacial score (nSPS) is 21.5. The Morgan fingerprint density at radius 3 is 2.65 bits per heavy atom. The molecular weight excluding hydrogens is 266 g/mol. The van der Waals surface area contributed by atoms with Gasteiger partial charge in [0.15, 0.2) is 0 Å². The molecule has 1 aliphatic rings. The van der Waals surface area contributed by atoms with Crippen LogP contribution in [0.25, 0.3) is 0 Å². The number of piperidine rings is 1. The molecule has 0 aromatic carbocycles. The van der Waals surface area contributed by atoms with E-state index < -0.39 is 11.5 Å². The lowest BCUT2D eigenvalue weighted by Gasteiger charge is -2.32. The number of nitrogens with two attached hydrogens (primary N) is 1. The summed E-state index contributed by atoms with van der Waals surface area (Å²) in [6.07, 6.45) is 1.12. The fraction of sp³-hybridized carbons (Fsp3) is 0.929. The Morgan fingerprint density at radius 1 is 1.45 bits per heavy atom. The Hall–Kier alpha value is -0.750. The number of hydrogen-bond acceptors (Lipinski definition) is 4. The predicted octanol–water partition coefficient (Wildman–Crippen LogP) is 2.17. The van der Waals surface area contributed by atoms with Crippen LogP contribution in [0, 0.1) is 0 Å². The molecule has 0 saturated carbocycles. The molecule has 0 aromatic rings. The van der Waals surface area contributed by atoms with Crippen LogP contribution < -0.4 is 5.73 Å². The van der Waals surface area contributed by atoms with Gasteiger partial charge in [-0.1, -0.05) is 0 Å². The molecule has 1 saturated heterocycles. The summed E-state index contributed by atoms with van der Waals surface area (Å²) in [5, 5.41) is 0. The minimum atomic E-state index is -2.59. The first kappa shape index (κ1) is 17.3. The maximum atomic E-state index is 13.2. The van der Waals surface area contributed by atoms with E-state index in [1.807, 2.05) is 0 Å². The van der Waals surface area contributed by atoms with E-state index in [1.165, 1.54) is 0 Å². The van der Waals surface area contributed by atoms with Crippen LogP contribution in [-0.4, -0.2) is 48.1 Å². The molecule has 20 heavy (non-hydrogen) atoms. The van der Waals surface area contributed by atoms with Gasteiger partial charge in [0.2, 0.25) is 0 Å². The highest BCUT2D eigenvalue weighted by molar-refractivity contribution is 5.70. The molecule has 0 radical (unpaired) electrons. The van der Waals surface area contributed by atoms with E-state index in [9.17, 15) is 13.6 Å².